The van der Waals surface area contributed by atoms with E-state index in [1.54, 1.807) is 55.5 Å². The van der Waals surface area contributed by atoms with Gasteiger partial charge in [0.05, 0.1) is 11.6 Å². The summed E-state index contributed by atoms with van der Waals surface area (Å²) in [5, 5.41) is 13.2. The van der Waals surface area contributed by atoms with Gasteiger partial charge in [-0.25, -0.2) is 4.79 Å². The quantitative estimate of drug-likeness (QED) is 0.597. The highest BCUT2D eigenvalue weighted by molar-refractivity contribution is 6.30. The number of nitrogens with zero attached hydrogens (tertiary/aromatic N) is 3. The zero-order valence-corrected chi connectivity index (χ0v) is 15.0. The number of rotatable bonds is 6. The number of aromatic nitrogens is 2. The van der Waals surface area contributed by atoms with Gasteiger partial charge in [0, 0.05) is 10.6 Å². The lowest BCUT2D eigenvalue weighted by Gasteiger charge is -2.13. The summed E-state index contributed by atoms with van der Waals surface area (Å²) in [6.45, 7) is 1.40. The van der Waals surface area contributed by atoms with Gasteiger partial charge in [-0.1, -0.05) is 16.8 Å². The van der Waals surface area contributed by atoms with Crippen LogP contribution in [0.2, 0.25) is 5.02 Å². The van der Waals surface area contributed by atoms with Crippen LogP contribution in [0.4, 0.5) is 0 Å². The van der Waals surface area contributed by atoms with Gasteiger partial charge in [-0.15, -0.1) is 0 Å². The van der Waals surface area contributed by atoms with Crippen molar-refractivity contribution < 1.29 is 18.8 Å². The van der Waals surface area contributed by atoms with Crippen LogP contribution in [-0.4, -0.2) is 22.2 Å². The molecule has 3 rings (SSSR count). The fourth-order valence-electron chi connectivity index (χ4n) is 2.14. The highest BCUT2D eigenvalue weighted by Crippen LogP contribution is 2.19. The Kier molecular flexibility index (Phi) is 5.69. The lowest BCUT2D eigenvalue weighted by atomic mass is 10.2. The van der Waals surface area contributed by atoms with Crippen LogP contribution in [0.1, 0.15) is 18.4 Å². The zero-order chi connectivity index (χ0) is 19.2. The molecule has 27 heavy (non-hydrogen) atoms. The highest BCUT2D eigenvalue weighted by Gasteiger charge is 2.18. The molecule has 2 aromatic carbocycles. The van der Waals surface area contributed by atoms with Gasteiger partial charge in [0.2, 0.25) is 5.82 Å². The van der Waals surface area contributed by atoms with Gasteiger partial charge in [-0.3, -0.25) is 0 Å². The average molecular weight is 384 g/mol. The van der Waals surface area contributed by atoms with E-state index in [0.29, 0.717) is 22.2 Å². The van der Waals surface area contributed by atoms with Crippen molar-refractivity contribution in [1.29, 1.82) is 5.26 Å². The molecule has 0 amide bonds. The summed E-state index contributed by atoms with van der Waals surface area (Å²) in [5.74, 6) is 0.422. The molecule has 0 radical (unpaired) electrons. The van der Waals surface area contributed by atoms with Crippen molar-refractivity contribution in [2.45, 2.75) is 19.6 Å². The number of hydrogen-bond acceptors (Lipinski definition) is 7. The number of benzene rings is 2. The Hall–Kier alpha value is -3.37. The van der Waals surface area contributed by atoms with Crippen LogP contribution in [-0.2, 0) is 16.1 Å². The Bertz CT molecular complexity index is 962. The maximum atomic E-state index is 12.1. The first kappa shape index (κ1) is 18.4. The Morgan fingerprint density at radius 1 is 1.22 bits per heavy atom. The van der Waals surface area contributed by atoms with E-state index in [-0.39, 0.29) is 12.5 Å². The maximum Gasteiger partial charge on any atom is 0.347 e. The third-order valence-electron chi connectivity index (χ3n) is 3.54. The molecule has 0 unspecified atom stereocenters. The largest absolute Gasteiger partial charge is 0.479 e. The molecule has 0 spiro atoms. The van der Waals surface area contributed by atoms with Crippen molar-refractivity contribution in [3.8, 4) is 23.2 Å². The van der Waals surface area contributed by atoms with Crippen LogP contribution < -0.4 is 4.74 Å². The summed E-state index contributed by atoms with van der Waals surface area (Å²) < 4.78 is 15.7. The number of ether oxygens (including phenoxy) is 2. The Morgan fingerprint density at radius 3 is 2.59 bits per heavy atom. The summed E-state index contributed by atoms with van der Waals surface area (Å²) in [6.07, 6.45) is -0.836. The number of hydrogen-bond donors (Lipinski definition) is 0. The van der Waals surface area contributed by atoms with Crippen molar-refractivity contribution in [2.24, 2.45) is 0 Å². The highest BCUT2D eigenvalue weighted by atomic mass is 35.5. The summed E-state index contributed by atoms with van der Waals surface area (Å²) in [4.78, 5) is 16.2. The lowest BCUT2D eigenvalue weighted by Crippen LogP contribution is -2.26. The predicted molar refractivity (Wildman–Crippen MR) is 95.8 cm³/mol. The maximum absolute atomic E-state index is 12.1. The SMILES string of the molecule is C[C@@H](Oc1ccc(C#N)cc1)C(=O)OCc1nc(-c2ccc(Cl)cc2)no1. The van der Waals surface area contributed by atoms with E-state index in [1.165, 1.54) is 0 Å². The standard InChI is InChI=1S/C19H14ClN3O4/c1-12(26-16-8-2-13(10-21)3-9-16)19(24)25-11-17-22-18(23-27-17)14-4-6-15(20)7-5-14/h2-9,12H,11H2,1H3/t12-/m1/s1. The van der Waals surface area contributed by atoms with Gasteiger partial charge in [0.1, 0.15) is 5.75 Å². The normalized spacial score (nSPS) is 11.4. The lowest BCUT2D eigenvalue weighted by molar-refractivity contribution is -0.153. The Labute approximate surface area is 160 Å². The molecule has 0 fully saturated rings. The first-order valence-electron chi connectivity index (χ1n) is 7.97. The van der Waals surface area contributed by atoms with Crippen LogP contribution in [0.25, 0.3) is 11.4 Å². The monoisotopic (exact) mass is 383 g/mol. The second-order valence-corrected chi connectivity index (χ2v) is 5.96. The van der Waals surface area contributed by atoms with Gasteiger partial charge in [0.25, 0.3) is 5.89 Å². The molecular weight excluding hydrogens is 370 g/mol. The van der Waals surface area contributed by atoms with Crippen LogP contribution >= 0.6 is 11.6 Å². The van der Waals surface area contributed by atoms with Crippen molar-refractivity contribution in [2.75, 3.05) is 0 Å². The fourth-order valence-corrected chi connectivity index (χ4v) is 2.27. The van der Waals surface area contributed by atoms with E-state index in [2.05, 4.69) is 10.1 Å². The van der Waals surface area contributed by atoms with E-state index in [1.807, 2.05) is 6.07 Å². The first-order valence-corrected chi connectivity index (χ1v) is 8.35. The minimum atomic E-state index is -0.836. The Balaban J connectivity index is 1.54. The van der Waals surface area contributed by atoms with Crippen LogP contribution in [0.3, 0.4) is 0 Å². The van der Waals surface area contributed by atoms with Crippen molar-refractivity contribution >= 4 is 17.6 Å². The molecule has 3 aromatic rings. The second-order valence-electron chi connectivity index (χ2n) is 5.52. The van der Waals surface area contributed by atoms with Gasteiger partial charge in [0.15, 0.2) is 12.7 Å². The van der Waals surface area contributed by atoms with Gasteiger partial charge >= 0.3 is 5.97 Å². The minimum Gasteiger partial charge on any atom is -0.479 e. The van der Waals surface area contributed by atoms with Crippen LogP contribution in [0, 0.1) is 11.3 Å². The van der Waals surface area contributed by atoms with E-state index in [9.17, 15) is 4.79 Å². The number of halogens is 1. The first-order chi connectivity index (χ1) is 13.0. The van der Waals surface area contributed by atoms with E-state index in [0.717, 1.165) is 5.56 Å². The van der Waals surface area contributed by atoms with E-state index in [4.69, 9.17) is 30.9 Å². The third kappa shape index (κ3) is 4.84. The molecule has 0 aliphatic rings. The van der Waals surface area contributed by atoms with Crippen LogP contribution in [0.15, 0.2) is 53.1 Å². The molecule has 0 saturated carbocycles. The summed E-state index contributed by atoms with van der Waals surface area (Å²) in [7, 11) is 0. The zero-order valence-electron chi connectivity index (χ0n) is 14.3. The number of carbonyl (C=O) groups is 1. The molecular formula is C19H14ClN3O4. The molecule has 7 nitrogen and oxygen atoms in total. The van der Waals surface area contributed by atoms with Crippen LogP contribution in [0.5, 0.6) is 5.75 Å². The minimum absolute atomic E-state index is 0.166. The smallest absolute Gasteiger partial charge is 0.347 e. The molecule has 1 aromatic heterocycles. The molecule has 0 saturated heterocycles. The number of esters is 1. The van der Waals surface area contributed by atoms with Gasteiger partial charge in [-0.2, -0.15) is 10.2 Å². The summed E-state index contributed by atoms with van der Waals surface area (Å²) >= 11 is 5.84. The van der Waals surface area contributed by atoms with Crippen molar-refractivity contribution in [3.63, 3.8) is 0 Å². The summed E-state index contributed by atoms with van der Waals surface area (Å²) in [5.41, 5.74) is 1.24. The predicted octanol–water partition coefficient (Wildman–Crippen LogP) is 3.77. The second kappa shape index (κ2) is 8.34. The summed E-state index contributed by atoms with van der Waals surface area (Å²) in [6, 6.07) is 15.4. The van der Waals surface area contributed by atoms with E-state index >= 15 is 0 Å². The molecule has 136 valence electrons. The molecule has 8 heteroatoms. The van der Waals surface area contributed by atoms with Crippen molar-refractivity contribution in [1.82, 2.24) is 10.1 Å². The molecule has 0 bridgehead atoms. The molecule has 1 atom stereocenters. The molecule has 0 aliphatic carbocycles. The molecule has 1 heterocycles. The fraction of sp³-hybridized carbons (Fsp3) is 0.158. The molecule has 0 aliphatic heterocycles. The Morgan fingerprint density at radius 2 is 1.93 bits per heavy atom. The van der Waals surface area contributed by atoms with E-state index < -0.39 is 12.1 Å². The van der Waals surface area contributed by atoms with Gasteiger partial charge in [-0.05, 0) is 55.5 Å². The van der Waals surface area contributed by atoms with Crippen molar-refractivity contribution in [3.05, 3.63) is 65.0 Å². The molecule has 0 N–H and O–H groups in total. The topological polar surface area (TPSA) is 98.2 Å². The van der Waals surface area contributed by atoms with Gasteiger partial charge < -0.3 is 14.0 Å². The third-order valence-corrected chi connectivity index (χ3v) is 3.79. The number of nitriles is 1. The number of carbonyl (C=O) groups excluding carboxylic acids is 1. The average Bonchev–Trinajstić information content (AvgIpc) is 3.16.